The van der Waals surface area contributed by atoms with Crippen LogP contribution in [0.25, 0.3) is 0 Å². The second kappa shape index (κ2) is 87.3. The van der Waals surface area contributed by atoms with Gasteiger partial charge in [-0.05, 0) is 129 Å². The maximum Gasteiger partial charge on any atom is 0.474 e. The Kier molecular flexibility index (Phi) is 93.6. The third kappa shape index (κ3) is 76.3. The van der Waals surface area contributed by atoms with Gasteiger partial charge in [-0.25, -0.2) is 41.1 Å². The number of hydrogen-bond donors (Lipinski definition) is 0. The van der Waals surface area contributed by atoms with Crippen molar-refractivity contribution in [3.8, 4) is 0 Å². The average molecular weight is 2010 g/mol. The smallest absolute Gasteiger partial charge is 0.385 e. The first-order valence-electron chi connectivity index (χ1n) is 40.4. The van der Waals surface area contributed by atoms with E-state index in [9.17, 15) is 41.1 Å². The molecule has 0 saturated heterocycles. The molecule has 0 aromatic rings. The molecule has 760 valence electrons. The second-order valence-electron chi connectivity index (χ2n) is 25.3. The zero-order valence-electron chi connectivity index (χ0n) is 79.2. The van der Waals surface area contributed by atoms with Gasteiger partial charge in [-0.15, -0.1) is 0 Å². The third-order valence-corrected chi connectivity index (χ3v) is 29.7. The van der Waals surface area contributed by atoms with Gasteiger partial charge in [0.15, 0.2) is 0 Å². The molecule has 0 fully saturated rings. The Hall–Kier alpha value is 0.550. The fraction of sp³-hybridized carbons (Fsp3) is 1.00. The van der Waals surface area contributed by atoms with Crippen LogP contribution < -0.4 is 0 Å². The molecule has 0 radical (unpaired) electrons. The molecule has 0 aliphatic carbocycles. The second-order valence-corrected chi connectivity index (χ2v) is 42.2. The van der Waals surface area contributed by atoms with Crippen molar-refractivity contribution in [2.24, 2.45) is 0 Å². The SMILES string of the molecule is COCCCCCN(CCOC)CCOP(=O)(OC)OC.COCCCCCN(CCOP(=O)(OC)OC)CCOP(=O)(OC)OC.COCCN(CCCCCOP(=O)(OC)OC)CCOC.COCCN(CCCCCOP(=O)(OC)OC)CCOP(=O)(OC)OC.COP(=O)(OC)OCCCCCN(CCOP(=O)(OC)OC)CCOP(=O)(OC)OC. The minimum Gasteiger partial charge on any atom is -0.385 e. The first-order valence-corrected chi connectivity index (χ1v) is 53.6. The van der Waals surface area contributed by atoms with Gasteiger partial charge in [0.1, 0.15) is 0 Å². The molecule has 125 heavy (non-hydrogen) atoms. The number of ether oxygens (including phenoxy) is 6. The molecule has 0 rings (SSSR count). The van der Waals surface area contributed by atoms with Crippen LogP contribution in [0.3, 0.4) is 0 Å². The van der Waals surface area contributed by atoms with Gasteiger partial charge in [-0.3, -0.25) is 147 Å². The van der Waals surface area contributed by atoms with Gasteiger partial charge in [0.25, 0.3) is 0 Å². The van der Waals surface area contributed by atoms with Crippen LogP contribution in [0.4, 0.5) is 0 Å². The van der Waals surface area contributed by atoms with Gasteiger partial charge < -0.3 is 28.4 Å². The number of rotatable bonds is 87. The van der Waals surface area contributed by atoms with Crippen LogP contribution in [0.5, 0.6) is 0 Å². The van der Waals surface area contributed by atoms with Crippen molar-refractivity contribution >= 4 is 70.4 Å². The molecule has 0 aromatic carbocycles. The van der Waals surface area contributed by atoms with Crippen molar-refractivity contribution in [1.82, 2.24) is 24.5 Å². The van der Waals surface area contributed by atoms with E-state index in [-0.39, 0.29) is 39.6 Å². The fourth-order valence-corrected chi connectivity index (χ4v) is 15.9. The third-order valence-electron chi connectivity index (χ3n) is 17.2. The molecule has 0 aliphatic heterocycles. The highest BCUT2D eigenvalue weighted by Crippen LogP contribution is 2.53. The molecular formula is C69H162N5O42P9. The Morgan fingerprint density at radius 3 is 0.360 bits per heavy atom. The summed E-state index contributed by atoms with van der Waals surface area (Å²) < 4.78 is 268. The lowest BCUT2D eigenvalue weighted by atomic mass is 10.2. The van der Waals surface area contributed by atoms with Crippen LogP contribution in [0.1, 0.15) is 96.3 Å². The van der Waals surface area contributed by atoms with Gasteiger partial charge >= 0.3 is 70.4 Å². The summed E-state index contributed by atoms with van der Waals surface area (Å²) in [6.07, 6.45) is 13.7. The Labute approximate surface area is 747 Å². The van der Waals surface area contributed by atoms with E-state index in [4.69, 9.17) is 151 Å². The molecule has 0 saturated carbocycles. The highest BCUT2D eigenvalue weighted by molar-refractivity contribution is 7.50. The van der Waals surface area contributed by atoms with E-state index in [1.165, 1.54) is 128 Å². The molecule has 56 heteroatoms. The first kappa shape index (κ1) is 134. The van der Waals surface area contributed by atoms with Crippen LogP contribution >= 0.6 is 70.4 Å². The number of unbranched alkanes of at least 4 members (excludes halogenated alkanes) is 10. The van der Waals surface area contributed by atoms with Gasteiger partial charge in [-0.1, -0.05) is 0 Å². The summed E-state index contributed by atoms with van der Waals surface area (Å²) in [5.74, 6) is 0. The van der Waals surface area contributed by atoms with Crippen molar-refractivity contribution in [1.29, 1.82) is 0 Å². The predicted octanol–water partition coefficient (Wildman–Crippen LogP) is 13.9. The summed E-state index contributed by atoms with van der Waals surface area (Å²) in [6.45, 7) is 16.5. The fourth-order valence-electron chi connectivity index (χ4n) is 9.76. The lowest BCUT2D eigenvalue weighted by Crippen LogP contribution is -2.32. The number of phosphoric acid groups is 9. The van der Waals surface area contributed by atoms with Crippen molar-refractivity contribution in [3.05, 3.63) is 0 Å². The van der Waals surface area contributed by atoms with E-state index < -0.39 is 70.4 Å². The lowest BCUT2D eigenvalue weighted by molar-refractivity contribution is 0.109. The summed E-state index contributed by atoms with van der Waals surface area (Å²) in [7, 11) is 1.82. The van der Waals surface area contributed by atoms with E-state index in [0.29, 0.717) is 85.3 Å². The molecule has 0 N–H and O–H groups in total. The average Bonchev–Trinajstić information content (AvgIpc) is 0.905. The molecule has 0 heterocycles. The van der Waals surface area contributed by atoms with Gasteiger partial charge in [-0.2, -0.15) is 0 Å². The van der Waals surface area contributed by atoms with Crippen LogP contribution in [0.2, 0.25) is 0 Å². The molecule has 0 bridgehead atoms. The van der Waals surface area contributed by atoms with Crippen molar-refractivity contribution in [2.45, 2.75) is 96.3 Å². The monoisotopic (exact) mass is 2010 g/mol. The maximum atomic E-state index is 12.0. The van der Waals surface area contributed by atoms with Crippen LogP contribution in [0.15, 0.2) is 0 Å². The van der Waals surface area contributed by atoms with Crippen LogP contribution in [0, 0.1) is 0 Å². The number of nitrogens with zero attached hydrogens (tertiary/aromatic N) is 5. The minimum absolute atomic E-state index is 0.0825. The topological polar surface area (TPSA) is 474 Å². The highest BCUT2D eigenvalue weighted by Gasteiger charge is 2.30. The summed E-state index contributed by atoms with van der Waals surface area (Å²) in [4.78, 5) is 10.7. The predicted molar refractivity (Wildman–Crippen MR) is 471 cm³/mol. The van der Waals surface area contributed by atoms with E-state index in [1.807, 2.05) is 9.80 Å². The zero-order chi connectivity index (χ0) is 95.5. The first-order chi connectivity index (χ1) is 59.6. The molecule has 0 aliphatic rings. The van der Waals surface area contributed by atoms with E-state index >= 15 is 0 Å². The van der Waals surface area contributed by atoms with Gasteiger partial charge in [0.2, 0.25) is 0 Å². The normalized spacial score (nSPS) is 12.7. The van der Waals surface area contributed by atoms with E-state index in [0.717, 1.165) is 169 Å². The summed E-state index contributed by atoms with van der Waals surface area (Å²) in [5, 5.41) is 0. The molecule has 0 aromatic heterocycles. The van der Waals surface area contributed by atoms with Crippen LogP contribution in [-0.2, 0) is 192 Å². The molecule has 0 amide bonds. The summed E-state index contributed by atoms with van der Waals surface area (Å²) in [6, 6.07) is 0. The quantitative estimate of drug-likeness (QED) is 0.0403. The number of hydrogen-bond acceptors (Lipinski definition) is 47. The van der Waals surface area contributed by atoms with Crippen molar-refractivity contribution < 1.29 is 192 Å². The van der Waals surface area contributed by atoms with E-state index in [2.05, 4.69) is 14.7 Å². The van der Waals surface area contributed by atoms with Gasteiger partial charge in [0, 0.05) is 249 Å². The Balaban J connectivity index is -0.000000484. The Morgan fingerprint density at radius 2 is 0.240 bits per heavy atom. The van der Waals surface area contributed by atoms with Gasteiger partial charge in [0.05, 0.1) is 85.9 Å². The molecule has 0 unspecified atom stereocenters. The number of methoxy groups -OCH3 is 6. The van der Waals surface area contributed by atoms with E-state index in [1.54, 1.807) is 42.7 Å². The summed E-state index contributed by atoms with van der Waals surface area (Å²) in [5.41, 5.74) is 0. The molecule has 0 spiro atoms. The highest BCUT2D eigenvalue weighted by atomic mass is 31.2. The lowest BCUT2D eigenvalue weighted by Gasteiger charge is -2.24. The molecule has 47 nitrogen and oxygen atoms in total. The Bertz CT molecular complexity index is 2740. The van der Waals surface area contributed by atoms with Crippen molar-refractivity contribution in [2.75, 3.05) is 368 Å². The molecule has 0 atom stereocenters. The zero-order valence-corrected chi connectivity index (χ0v) is 87.3. The Morgan fingerprint density at radius 1 is 0.128 bits per heavy atom. The largest absolute Gasteiger partial charge is 0.474 e. The number of phosphoric ester groups is 9. The standard InChI is InChI=1S/C15H36NO12P3.2C14H33NO9P2.2C13H30NO6P/c1-20-29(17,21-2)26-13-9-7-8-10-16(11-14-27-30(18,22-3)23-4)12-15-28-31(19,24-5)25-6;1-18-13-10-15(11-14-24-26(17,21-4)22-5)9-7-6-8-12-23-25(16,19-2)20-3;1-18-12-8-6-7-9-15(10-13-23-25(16,19-2)20-3)11-14-24-26(17,21-4)22-5;1-16-12-9-14(10-13-17-2)8-6-5-7-11-20-21(15,18-3)19-4;1-16-11-7-5-6-8-14(9-12-17-2)10-13-20-21(15,18-3)19-4/h7-15H2,1-6H3;2*6-14H2,1-5H3;2*5-13H2,1-4H3. The maximum absolute atomic E-state index is 12.0. The molecular weight excluding hydrogens is 1850 g/mol. The minimum atomic E-state index is -3.57. The van der Waals surface area contributed by atoms with Crippen LogP contribution in [-0.4, -0.2) is 392 Å². The van der Waals surface area contributed by atoms with Crippen molar-refractivity contribution in [3.63, 3.8) is 0 Å². The summed E-state index contributed by atoms with van der Waals surface area (Å²) >= 11 is 0.